The van der Waals surface area contributed by atoms with E-state index in [1.165, 1.54) is 6.26 Å². The van der Waals surface area contributed by atoms with Gasteiger partial charge < -0.3 is 13.6 Å². The van der Waals surface area contributed by atoms with Gasteiger partial charge in [0.25, 0.3) is 0 Å². The molecule has 0 heterocycles. The van der Waals surface area contributed by atoms with Gasteiger partial charge in [-0.2, -0.15) is 0 Å². The van der Waals surface area contributed by atoms with E-state index < -0.39 is 6.72 Å². The summed E-state index contributed by atoms with van der Waals surface area (Å²) in [4.78, 5) is 0. The van der Waals surface area contributed by atoms with Crippen molar-refractivity contribution in [2.75, 3.05) is 0 Å². The standard InChI is InChI=1S/C18H17O3PS/c1-2-3-4-11-16-19-22(23,20-17-12-7-5-8-13-17)21-18-14-9-6-10-15-18/h2-16H,1H2/b4-3-,16-11-. The Hall–Kier alpha value is -2.29. The van der Waals surface area contributed by atoms with Crippen molar-refractivity contribution in [3.63, 3.8) is 0 Å². The summed E-state index contributed by atoms with van der Waals surface area (Å²) in [6.45, 7) is 0.569. The van der Waals surface area contributed by atoms with Gasteiger partial charge in [-0.1, -0.05) is 61.2 Å². The van der Waals surface area contributed by atoms with E-state index in [9.17, 15) is 0 Å². The van der Waals surface area contributed by atoms with Gasteiger partial charge in [0.15, 0.2) is 0 Å². The molecule has 5 heteroatoms. The zero-order valence-corrected chi connectivity index (χ0v) is 14.2. The zero-order chi connectivity index (χ0) is 16.4. The van der Waals surface area contributed by atoms with Crippen LogP contribution in [-0.4, -0.2) is 0 Å². The van der Waals surface area contributed by atoms with Gasteiger partial charge in [-0.3, -0.25) is 0 Å². The Labute approximate surface area is 141 Å². The summed E-state index contributed by atoms with van der Waals surface area (Å²) in [6, 6.07) is 18.5. The van der Waals surface area contributed by atoms with Gasteiger partial charge in [0.1, 0.15) is 11.5 Å². The molecule has 0 unspecified atom stereocenters. The highest BCUT2D eigenvalue weighted by molar-refractivity contribution is 8.08. The van der Waals surface area contributed by atoms with Crippen LogP contribution in [0.25, 0.3) is 0 Å². The van der Waals surface area contributed by atoms with Crippen molar-refractivity contribution in [2.45, 2.75) is 0 Å². The molecule has 0 bridgehead atoms. The van der Waals surface area contributed by atoms with E-state index in [0.29, 0.717) is 11.5 Å². The smallest absolute Gasteiger partial charge is 0.415 e. The third-order valence-corrected chi connectivity index (χ3v) is 4.50. The Bertz CT molecular complexity index is 666. The third kappa shape index (κ3) is 6.15. The van der Waals surface area contributed by atoms with Crippen LogP contribution < -0.4 is 9.05 Å². The first-order valence-corrected chi connectivity index (χ1v) is 9.49. The maximum absolute atomic E-state index is 5.80. The summed E-state index contributed by atoms with van der Waals surface area (Å²) in [5.41, 5.74) is 0. The molecule has 0 aliphatic rings. The van der Waals surface area contributed by atoms with E-state index in [2.05, 4.69) is 6.58 Å². The van der Waals surface area contributed by atoms with Crippen molar-refractivity contribution in [3.05, 3.63) is 97.8 Å². The van der Waals surface area contributed by atoms with E-state index in [4.69, 9.17) is 25.4 Å². The van der Waals surface area contributed by atoms with Crippen molar-refractivity contribution in [1.82, 2.24) is 0 Å². The molecule has 0 N–H and O–H groups in total. The van der Waals surface area contributed by atoms with Crippen LogP contribution in [0.2, 0.25) is 0 Å². The summed E-state index contributed by atoms with van der Waals surface area (Å²) >= 11 is 5.49. The topological polar surface area (TPSA) is 27.7 Å². The fourth-order valence-corrected chi connectivity index (χ4v) is 3.35. The molecule has 2 aromatic carbocycles. The van der Waals surface area contributed by atoms with Crippen molar-refractivity contribution in [1.29, 1.82) is 0 Å². The van der Waals surface area contributed by atoms with Crippen LogP contribution in [0, 0.1) is 0 Å². The molecule has 3 nitrogen and oxygen atoms in total. The lowest BCUT2D eigenvalue weighted by molar-refractivity contribution is 0.352. The van der Waals surface area contributed by atoms with Crippen LogP contribution in [-0.2, 0) is 16.3 Å². The summed E-state index contributed by atoms with van der Waals surface area (Å²) in [5, 5.41) is 0. The zero-order valence-electron chi connectivity index (χ0n) is 12.4. The predicted molar refractivity (Wildman–Crippen MR) is 98.0 cm³/mol. The van der Waals surface area contributed by atoms with E-state index in [1.54, 1.807) is 48.6 Å². The van der Waals surface area contributed by atoms with Crippen LogP contribution >= 0.6 is 6.72 Å². The second-order valence-electron chi connectivity index (χ2n) is 4.31. The molecule has 0 radical (unpaired) electrons. The fourth-order valence-electron chi connectivity index (χ4n) is 1.58. The summed E-state index contributed by atoms with van der Waals surface area (Å²) < 4.78 is 17.2. The van der Waals surface area contributed by atoms with Gasteiger partial charge >= 0.3 is 6.72 Å². The molecule has 0 aliphatic carbocycles. The molecule has 2 rings (SSSR count). The van der Waals surface area contributed by atoms with Crippen molar-refractivity contribution >= 4 is 18.5 Å². The highest BCUT2D eigenvalue weighted by Gasteiger charge is 2.24. The second kappa shape index (κ2) is 8.99. The average molecular weight is 344 g/mol. The summed E-state index contributed by atoms with van der Waals surface area (Å²) in [5.74, 6) is 1.20. The Balaban J connectivity index is 2.15. The predicted octanol–water partition coefficient (Wildman–Crippen LogP) is 5.64. The molecular formula is C18H17O3PS. The third-order valence-electron chi connectivity index (χ3n) is 2.55. The Morgan fingerprint density at radius 2 is 1.30 bits per heavy atom. The minimum atomic E-state index is -3.02. The van der Waals surface area contributed by atoms with Crippen molar-refractivity contribution in [2.24, 2.45) is 0 Å². The number of allylic oxidation sites excluding steroid dienone is 4. The molecule has 0 aliphatic heterocycles. The number of hydrogen-bond donors (Lipinski definition) is 0. The van der Waals surface area contributed by atoms with Crippen molar-refractivity contribution in [3.8, 4) is 11.5 Å². The first kappa shape index (κ1) is 17.1. The number of benzene rings is 2. The monoisotopic (exact) mass is 344 g/mol. The molecule has 2 aromatic rings. The SMILES string of the molecule is C=C/C=C\C=C/OP(=S)(Oc1ccccc1)Oc1ccccc1. The first-order valence-electron chi connectivity index (χ1n) is 6.94. The molecule has 0 saturated heterocycles. The number of rotatable bonds is 8. The highest BCUT2D eigenvalue weighted by Crippen LogP contribution is 2.50. The van der Waals surface area contributed by atoms with E-state index in [1.807, 2.05) is 36.4 Å². The van der Waals surface area contributed by atoms with E-state index >= 15 is 0 Å². The van der Waals surface area contributed by atoms with Gasteiger partial charge in [0, 0.05) is 11.8 Å². The molecule has 0 amide bonds. The molecular weight excluding hydrogens is 327 g/mol. The number of hydrogen-bond acceptors (Lipinski definition) is 4. The molecule has 0 aromatic heterocycles. The lowest BCUT2D eigenvalue weighted by Gasteiger charge is -2.21. The molecule has 0 fully saturated rings. The maximum Gasteiger partial charge on any atom is 0.489 e. The van der Waals surface area contributed by atoms with Crippen molar-refractivity contribution < 1.29 is 13.6 Å². The van der Waals surface area contributed by atoms with Gasteiger partial charge in [0.05, 0.1) is 6.26 Å². The summed E-state index contributed by atoms with van der Waals surface area (Å²) in [7, 11) is 0. The molecule has 118 valence electrons. The Morgan fingerprint density at radius 1 is 0.783 bits per heavy atom. The molecule has 23 heavy (non-hydrogen) atoms. The Morgan fingerprint density at radius 3 is 1.78 bits per heavy atom. The Kier molecular flexibility index (Phi) is 6.67. The van der Waals surface area contributed by atoms with Crippen LogP contribution in [0.15, 0.2) is 97.8 Å². The fraction of sp³-hybridized carbons (Fsp3) is 0. The van der Waals surface area contributed by atoms with Gasteiger partial charge in [-0.05, 0) is 30.3 Å². The lowest BCUT2D eigenvalue weighted by atomic mass is 10.3. The van der Waals surface area contributed by atoms with Crippen LogP contribution in [0.1, 0.15) is 0 Å². The molecule has 0 atom stereocenters. The molecule has 0 spiro atoms. The van der Waals surface area contributed by atoms with Gasteiger partial charge in [0.2, 0.25) is 0 Å². The van der Waals surface area contributed by atoms with Crippen LogP contribution in [0.4, 0.5) is 0 Å². The first-order chi connectivity index (χ1) is 11.2. The second-order valence-corrected chi connectivity index (χ2v) is 7.12. The van der Waals surface area contributed by atoms with Gasteiger partial charge in [-0.15, -0.1) is 0 Å². The maximum atomic E-state index is 5.80. The normalized spacial score (nSPS) is 11.5. The largest absolute Gasteiger partial charge is 0.489 e. The lowest BCUT2D eigenvalue weighted by Crippen LogP contribution is -2.02. The minimum Gasteiger partial charge on any atom is -0.415 e. The summed E-state index contributed by atoms with van der Waals surface area (Å²) in [6.07, 6.45) is 8.39. The minimum absolute atomic E-state index is 0.599. The van der Waals surface area contributed by atoms with E-state index in [0.717, 1.165) is 0 Å². The highest BCUT2D eigenvalue weighted by atomic mass is 32.5. The quantitative estimate of drug-likeness (QED) is 0.352. The van der Waals surface area contributed by atoms with Gasteiger partial charge in [-0.25, -0.2) is 0 Å². The van der Waals surface area contributed by atoms with Crippen LogP contribution in [0.3, 0.4) is 0 Å². The average Bonchev–Trinajstić information content (AvgIpc) is 2.56. The van der Waals surface area contributed by atoms with E-state index in [-0.39, 0.29) is 0 Å². The number of para-hydroxylation sites is 2. The van der Waals surface area contributed by atoms with Crippen LogP contribution in [0.5, 0.6) is 11.5 Å². The molecule has 0 saturated carbocycles.